The van der Waals surface area contributed by atoms with Gasteiger partial charge in [0.2, 0.25) is 0 Å². The second-order valence-corrected chi connectivity index (χ2v) is 3.87. The molecule has 0 radical (unpaired) electrons. The summed E-state index contributed by atoms with van der Waals surface area (Å²) in [6.07, 6.45) is 0.680. The number of benzene rings is 1. The lowest BCUT2D eigenvalue weighted by molar-refractivity contribution is 0.291. The highest BCUT2D eigenvalue weighted by Crippen LogP contribution is 2.30. The Morgan fingerprint density at radius 3 is 2.94 bits per heavy atom. The molecule has 0 bridgehead atoms. The van der Waals surface area contributed by atoms with Crippen molar-refractivity contribution >= 4 is 15.9 Å². The fraction of sp³-hybridized carbons (Fsp3) is 0.400. The summed E-state index contributed by atoms with van der Waals surface area (Å²) in [5.41, 5.74) is 8.09. The number of hydrogen-bond donors (Lipinski definition) is 0. The Hall–Kier alpha value is -1.39. The SMILES string of the molecule is COc1ccc(Br)cc1OCCCN=[N+]=[N-]. The minimum absolute atomic E-state index is 0.437. The van der Waals surface area contributed by atoms with Gasteiger partial charge < -0.3 is 9.47 Å². The molecule has 0 aliphatic heterocycles. The van der Waals surface area contributed by atoms with Gasteiger partial charge in [-0.05, 0) is 30.2 Å². The molecule has 0 aliphatic carbocycles. The highest BCUT2D eigenvalue weighted by Gasteiger charge is 2.04. The minimum atomic E-state index is 0.437. The van der Waals surface area contributed by atoms with E-state index in [9.17, 15) is 0 Å². The Balaban J connectivity index is 2.51. The van der Waals surface area contributed by atoms with E-state index in [1.165, 1.54) is 0 Å². The molecule has 0 atom stereocenters. The van der Waals surface area contributed by atoms with Gasteiger partial charge in [-0.3, -0.25) is 0 Å². The lowest BCUT2D eigenvalue weighted by atomic mass is 10.3. The van der Waals surface area contributed by atoms with Crippen LogP contribution in [-0.4, -0.2) is 20.3 Å². The normalized spacial score (nSPS) is 9.38. The first kappa shape index (κ1) is 12.7. The molecule has 5 nitrogen and oxygen atoms in total. The average molecular weight is 286 g/mol. The molecule has 0 aromatic heterocycles. The summed E-state index contributed by atoms with van der Waals surface area (Å²) in [5.74, 6) is 1.37. The summed E-state index contributed by atoms with van der Waals surface area (Å²) >= 11 is 3.36. The van der Waals surface area contributed by atoms with Crippen LogP contribution >= 0.6 is 15.9 Å². The average Bonchev–Trinajstić information content (AvgIpc) is 2.29. The molecule has 0 heterocycles. The lowest BCUT2D eigenvalue weighted by Gasteiger charge is -2.10. The summed E-state index contributed by atoms with van der Waals surface area (Å²) in [6.45, 7) is 0.929. The molecule has 0 aliphatic rings. The van der Waals surface area contributed by atoms with E-state index in [4.69, 9.17) is 15.0 Å². The second-order valence-electron chi connectivity index (χ2n) is 2.95. The predicted octanol–water partition coefficient (Wildman–Crippen LogP) is 3.54. The van der Waals surface area contributed by atoms with E-state index in [0.717, 1.165) is 4.47 Å². The van der Waals surface area contributed by atoms with Crippen molar-refractivity contribution in [3.8, 4) is 11.5 Å². The summed E-state index contributed by atoms with van der Waals surface area (Å²) in [4.78, 5) is 2.67. The maximum absolute atomic E-state index is 8.09. The molecule has 0 N–H and O–H groups in total. The van der Waals surface area contributed by atoms with Crippen molar-refractivity contribution < 1.29 is 9.47 Å². The maximum atomic E-state index is 8.09. The number of methoxy groups -OCH3 is 1. The van der Waals surface area contributed by atoms with Crippen LogP contribution in [0.1, 0.15) is 6.42 Å². The van der Waals surface area contributed by atoms with Crippen molar-refractivity contribution in [2.24, 2.45) is 5.11 Å². The van der Waals surface area contributed by atoms with E-state index in [-0.39, 0.29) is 0 Å². The summed E-state index contributed by atoms with van der Waals surface area (Å²) < 4.78 is 11.6. The number of hydrogen-bond acceptors (Lipinski definition) is 3. The van der Waals surface area contributed by atoms with Gasteiger partial charge in [0.05, 0.1) is 13.7 Å². The second kappa shape index (κ2) is 6.98. The molecule has 86 valence electrons. The van der Waals surface area contributed by atoms with Crippen LogP contribution < -0.4 is 9.47 Å². The molecule has 1 aromatic carbocycles. The van der Waals surface area contributed by atoms with Crippen molar-refractivity contribution in [1.82, 2.24) is 0 Å². The zero-order valence-corrected chi connectivity index (χ0v) is 10.5. The standard InChI is InChI=1S/C10H12BrN3O2/c1-15-9-4-3-8(11)7-10(9)16-6-2-5-13-14-12/h3-4,7H,2,5-6H2,1H3. The van der Waals surface area contributed by atoms with E-state index < -0.39 is 0 Å². The molecule has 0 fully saturated rings. The first-order chi connectivity index (χ1) is 7.77. The Morgan fingerprint density at radius 2 is 2.25 bits per heavy atom. The van der Waals surface area contributed by atoms with Crippen LogP contribution in [0.3, 0.4) is 0 Å². The predicted molar refractivity (Wildman–Crippen MR) is 64.8 cm³/mol. The fourth-order valence-corrected chi connectivity index (χ4v) is 1.47. The molecule has 1 aromatic rings. The molecule has 0 saturated heterocycles. The van der Waals surface area contributed by atoms with Gasteiger partial charge in [-0.15, -0.1) is 0 Å². The van der Waals surface area contributed by atoms with E-state index in [1.54, 1.807) is 7.11 Å². The molecular weight excluding hydrogens is 274 g/mol. The van der Waals surface area contributed by atoms with Gasteiger partial charge in [-0.1, -0.05) is 21.0 Å². The Morgan fingerprint density at radius 1 is 1.44 bits per heavy atom. The first-order valence-corrected chi connectivity index (χ1v) is 5.54. The van der Waals surface area contributed by atoms with E-state index >= 15 is 0 Å². The summed E-state index contributed by atoms with van der Waals surface area (Å²) in [7, 11) is 1.59. The third kappa shape index (κ3) is 4.00. The number of halogens is 1. The van der Waals surface area contributed by atoms with E-state index in [2.05, 4.69) is 26.0 Å². The summed E-state index contributed by atoms with van der Waals surface area (Å²) in [6, 6.07) is 5.55. The van der Waals surface area contributed by atoms with Crippen LogP contribution in [0.4, 0.5) is 0 Å². The smallest absolute Gasteiger partial charge is 0.162 e. The molecule has 1 rings (SSSR count). The van der Waals surface area contributed by atoms with Crippen LogP contribution in [0, 0.1) is 0 Å². The lowest BCUT2D eigenvalue weighted by Crippen LogP contribution is -2.00. The van der Waals surface area contributed by atoms with Gasteiger partial charge in [-0.2, -0.15) is 0 Å². The van der Waals surface area contributed by atoms with Crippen LogP contribution in [0.15, 0.2) is 27.8 Å². The molecule has 0 saturated carbocycles. The minimum Gasteiger partial charge on any atom is -0.493 e. The molecule has 16 heavy (non-hydrogen) atoms. The largest absolute Gasteiger partial charge is 0.493 e. The number of azide groups is 1. The van der Waals surface area contributed by atoms with Crippen LogP contribution in [-0.2, 0) is 0 Å². The van der Waals surface area contributed by atoms with Gasteiger partial charge in [0, 0.05) is 15.9 Å². The molecule has 6 heteroatoms. The molecule has 0 amide bonds. The van der Waals surface area contributed by atoms with Crippen molar-refractivity contribution in [2.75, 3.05) is 20.3 Å². The maximum Gasteiger partial charge on any atom is 0.162 e. The van der Waals surface area contributed by atoms with E-state index in [1.807, 2.05) is 18.2 Å². The third-order valence-corrected chi connectivity index (χ3v) is 2.34. The molecular formula is C10H12BrN3O2. The van der Waals surface area contributed by atoms with Crippen molar-refractivity contribution in [2.45, 2.75) is 6.42 Å². The molecule has 0 spiro atoms. The Kier molecular flexibility index (Phi) is 5.53. The van der Waals surface area contributed by atoms with Gasteiger partial charge in [0.25, 0.3) is 0 Å². The van der Waals surface area contributed by atoms with Crippen LogP contribution in [0.5, 0.6) is 11.5 Å². The van der Waals surface area contributed by atoms with E-state index in [0.29, 0.717) is 31.1 Å². The highest BCUT2D eigenvalue weighted by atomic mass is 79.9. The first-order valence-electron chi connectivity index (χ1n) is 4.75. The Bertz CT molecular complexity index is 392. The number of nitrogens with zero attached hydrogens (tertiary/aromatic N) is 3. The van der Waals surface area contributed by atoms with Gasteiger partial charge >= 0.3 is 0 Å². The Labute approximate surface area is 102 Å². The monoisotopic (exact) mass is 285 g/mol. The highest BCUT2D eigenvalue weighted by molar-refractivity contribution is 9.10. The van der Waals surface area contributed by atoms with Gasteiger partial charge in [0.1, 0.15) is 0 Å². The van der Waals surface area contributed by atoms with Crippen LogP contribution in [0.25, 0.3) is 10.4 Å². The van der Waals surface area contributed by atoms with Crippen molar-refractivity contribution in [1.29, 1.82) is 0 Å². The number of ether oxygens (including phenoxy) is 2. The quantitative estimate of drug-likeness (QED) is 0.347. The summed E-state index contributed by atoms with van der Waals surface area (Å²) in [5, 5.41) is 3.42. The molecule has 0 unspecified atom stereocenters. The zero-order valence-electron chi connectivity index (χ0n) is 8.89. The third-order valence-electron chi connectivity index (χ3n) is 1.85. The van der Waals surface area contributed by atoms with Crippen molar-refractivity contribution in [3.05, 3.63) is 33.1 Å². The topological polar surface area (TPSA) is 67.2 Å². The van der Waals surface area contributed by atoms with Gasteiger partial charge in [0.15, 0.2) is 11.5 Å². The van der Waals surface area contributed by atoms with Gasteiger partial charge in [-0.25, -0.2) is 0 Å². The number of rotatable bonds is 6. The van der Waals surface area contributed by atoms with Crippen molar-refractivity contribution in [3.63, 3.8) is 0 Å². The fourth-order valence-electron chi connectivity index (χ4n) is 1.13. The van der Waals surface area contributed by atoms with Crippen LogP contribution in [0.2, 0.25) is 0 Å². The zero-order chi connectivity index (χ0) is 11.8.